The molecule has 216 valence electrons. The lowest BCUT2D eigenvalue weighted by Gasteiger charge is -2.08. The molecule has 8 nitrogen and oxygen atoms in total. The zero-order valence-electron chi connectivity index (χ0n) is 23.1. The van der Waals surface area contributed by atoms with Gasteiger partial charge in [-0.05, 0) is 61.0 Å². The fraction of sp³-hybridized carbons (Fsp3) is 0.143. The molecule has 0 aliphatic carbocycles. The van der Waals surface area contributed by atoms with Crippen molar-refractivity contribution >= 4 is 11.6 Å². The molecule has 0 aliphatic heterocycles. The molecule has 0 aliphatic rings. The van der Waals surface area contributed by atoms with Crippen molar-refractivity contribution in [2.75, 3.05) is 11.9 Å². The van der Waals surface area contributed by atoms with Gasteiger partial charge in [0.2, 0.25) is 5.89 Å². The lowest BCUT2D eigenvalue weighted by Crippen LogP contribution is -2.15. The van der Waals surface area contributed by atoms with Gasteiger partial charge >= 0.3 is 0 Å². The average Bonchev–Trinajstić information content (AvgIpc) is 3.62. The van der Waals surface area contributed by atoms with E-state index in [4.69, 9.17) is 14.3 Å². The molecular weight excluding hydrogens is 538 g/mol. The van der Waals surface area contributed by atoms with Gasteiger partial charge in [0.25, 0.3) is 5.91 Å². The van der Waals surface area contributed by atoms with Crippen molar-refractivity contribution in [2.45, 2.75) is 27.2 Å². The molecule has 2 aromatic heterocycles. The van der Waals surface area contributed by atoms with E-state index in [1.807, 2.05) is 122 Å². The van der Waals surface area contributed by atoms with E-state index in [0.29, 0.717) is 36.7 Å². The molecule has 6 rings (SSSR count). The lowest BCUT2D eigenvalue weighted by molar-refractivity contribution is 0.102. The number of hydrogen-bond donors (Lipinski definition) is 1. The number of para-hydroxylation sites is 2. The molecule has 2 heterocycles. The van der Waals surface area contributed by atoms with E-state index in [1.54, 1.807) is 0 Å². The molecule has 6 aromatic rings. The van der Waals surface area contributed by atoms with E-state index in [1.165, 1.54) is 4.80 Å². The highest BCUT2D eigenvalue weighted by Gasteiger charge is 2.20. The van der Waals surface area contributed by atoms with Crippen LogP contribution >= 0.6 is 0 Å². The number of benzene rings is 4. The summed E-state index contributed by atoms with van der Waals surface area (Å²) in [6, 6.07) is 36.5. The van der Waals surface area contributed by atoms with Crippen LogP contribution in [0.15, 0.2) is 120 Å². The summed E-state index contributed by atoms with van der Waals surface area (Å²) < 4.78 is 12.0. The maximum Gasteiger partial charge on any atom is 0.278 e. The Morgan fingerprint density at radius 3 is 2.28 bits per heavy atom. The first-order valence-corrected chi connectivity index (χ1v) is 13.7. The second kappa shape index (κ2) is 13.4. The Labute approximate surface area is 251 Å². The third-order valence-corrected chi connectivity index (χ3v) is 6.71. The third-order valence-electron chi connectivity index (χ3n) is 6.71. The van der Waals surface area contributed by atoms with Gasteiger partial charge in [0.15, 0.2) is 5.69 Å². The number of aromatic nitrogens is 4. The summed E-state index contributed by atoms with van der Waals surface area (Å²) >= 11 is 0. The van der Waals surface area contributed by atoms with Crippen LogP contribution in [0.4, 0.5) is 5.69 Å². The molecule has 0 unspecified atom stereocenters. The first-order valence-electron chi connectivity index (χ1n) is 13.7. The van der Waals surface area contributed by atoms with Crippen molar-refractivity contribution in [3.05, 3.63) is 144 Å². The molecule has 4 aromatic carbocycles. The minimum atomic E-state index is -0.316. The summed E-state index contributed by atoms with van der Waals surface area (Å²) in [5, 5.41) is 12.2. The molecule has 0 saturated heterocycles. The number of rotatable bonds is 10. The number of nitrogens with one attached hydrogen (secondary N) is 1. The van der Waals surface area contributed by atoms with E-state index in [9.17, 15) is 4.79 Å². The van der Waals surface area contributed by atoms with Gasteiger partial charge in [-0.1, -0.05) is 74.2 Å². The Balaban J connectivity index is 0.00000368. The first kappa shape index (κ1) is 29.0. The minimum absolute atomic E-state index is 0. The van der Waals surface area contributed by atoms with Gasteiger partial charge in [-0.2, -0.15) is 9.90 Å². The highest BCUT2D eigenvalue weighted by molar-refractivity contribution is 6.03. The van der Waals surface area contributed by atoms with Crippen LogP contribution in [0.25, 0.3) is 17.1 Å². The number of nitrogens with zero attached hydrogens (tertiary/aromatic N) is 4. The summed E-state index contributed by atoms with van der Waals surface area (Å²) in [5.41, 5.74) is 5.06. The summed E-state index contributed by atoms with van der Waals surface area (Å²) in [6.45, 7) is 2.36. The van der Waals surface area contributed by atoms with Crippen LogP contribution in [-0.4, -0.2) is 32.5 Å². The van der Waals surface area contributed by atoms with Crippen LogP contribution in [0, 0.1) is 6.92 Å². The summed E-state index contributed by atoms with van der Waals surface area (Å²) in [5.74, 6) is 1.81. The van der Waals surface area contributed by atoms with E-state index < -0.39 is 0 Å². The molecule has 0 atom stereocenters. The number of amides is 1. The lowest BCUT2D eigenvalue weighted by atomic mass is 10.1. The highest BCUT2D eigenvalue weighted by atomic mass is 16.5. The molecule has 1 amide bonds. The predicted molar refractivity (Wildman–Crippen MR) is 168 cm³/mol. The molecule has 0 bridgehead atoms. The van der Waals surface area contributed by atoms with Crippen LogP contribution in [0.5, 0.6) is 5.75 Å². The van der Waals surface area contributed by atoms with E-state index >= 15 is 0 Å². The smallest absolute Gasteiger partial charge is 0.278 e. The Morgan fingerprint density at radius 1 is 0.837 bits per heavy atom. The Kier molecular flexibility index (Phi) is 9.07. The SMILES string of the molecule is C.Cc1oc(-c2ccccc2)nc1CCOc1cccc(Cc2nn(-c3ccccc3)nc2C(=O)Nc2ccccc2)c1. The van der Waals surface area contributed by atoms with Crippen molar-refractivity contribution in [2.24, 2.45) is 0 Å². The topological polar surface area (TPSA) is 95.1 Å². The van der Waals surface area contributed by atoms with Crippen LogP contribution in [0.1, 0.15) is 40.6 Å². The fourth-order valence-electron chi connectivity index (χ4n) is 4.59. The average molecular weight is 572 g/mol. The number of ether oxygens (including phenoxy) is 1. The molecule has 1 N–H and O–H groups in total. The number of anilines is 1. The van der Waals surface area contributed by atoms with Gasteiger partial charge in [-0.25, -0.2) is 4.98 Å². The van der Waals surface area contributed by atoms with Crippen molar-refractivity contribution in [1.29, 1.82) is 0 Å². The Bertz CT molecular complexity index is 1780. The predicted octanol–water partition coefficient (Wildman–Crippen LogP) is 7.33. The second-order valence-corrected chi connectivity index (χ2v) is 9.75. The maximum atomic E-state index is 13.3. The van der Waals surface area contributed by atoms with E-state index in [-0.39, 0.29) is 19.0 Å². The number of oxazole rings is 1. The summed E-state index contributed by atoms with van der Waals surface area (Å²) in [6.07, 6.45) is 1.02. The van der Waals surface area contributed by atoms with Gasteiger partial charge in [0.05, 0.1) is 18.0 Å². The van der Waals surface area contributed by atoms with Gasteiger partial charge < -0.3 is 14.5 Å². The zero-order valence-corrected chi connectivity index (χ0v) is 23.1. The van der Waals surface area contributed by atoms with Gasteiger partial charge in [0, 0.05) is 24.1 Å². The number of hydrogen-bond acceptors (Lipinski definition) is 6. The largest absolute Gasteiger partial charge is 0.493 e. The Morgan fingerprint density at radius 2 is 1.53 bits per heavy atom. The third kappa shape index (κ3) is 7.05. The number of carbonyl (C=O) groups excluding carboxylic acids is 1. The minimum Gasteiger partial charge on any atom is -0.493 e. The first-order chi connectivity index (χ1) is 20.6. The summed E-state index contributed by atoms with van der Waals surface area (Å²) in [4.78, 5) is 19.4. The van der Waals surface area contributed by atoms with Gasteiger partial charge in [-0.15, -0.1) is 5.10 Å². The molecule has 0 spiro atoms. The van der Waals surface area contributed by atoms with Crippen molar-refractivity contribution < 1.29 is 13.9 Å². The monoisotopic (exact) mass is 571 g/mol. The van der Waals surface area contributed by atoms with Crippen LogP contribution in [0.2, 0.25) is 0 Å². The number of carbonyl (C=O) groups is 1. The molecule has 43 heavy (non-hydrogen) atoms. The van der Waals surface area contributed by atoms with Crippen LogP contribution in [-0.2, 0) is 12.8 Å². The quantitative estimate of drug-likeness (QED) is 0.185. The van der Waals surface area contributed by atoms with Gasteiger partial charge in [-0.3, -0.25) is 4.79 Å². The van der Waals surface area contributed by atoms with Gasteiger partial charge in [0.1, 0.15) is 17.2 Å². The molecule has 0 radical (unpaired) electrons. The van der Waals surface area contributed by atoms with Crippen LogP contribution < -0.4 is 10.1 Å². The molecule has 0 fully saturated rings. The Hall–Kier alpha value is -5.50. The number of aryl methyl sites for hydroxylation is 1. The maximum absolute atomic E-state index is 13.3. The standard InChI is InChI=1S/C34H29N5O3.CH4/c1-24-30(36-34(42-24)26-13-5-2-6-14-26)20-21-41-29-19-11-12-25(22-29)23-31-32(33(40)35-27-15-7-3-8-16-27)38-39(37-31)28-17-9-4-10-18-28;/h2-19,22H,20-21,23H2,1H3,(H,35,40);1H4. The van der Waals surface area contributed by atoms with E-state index in [2.05, 4.69) is 15.4 Å². The second-order valence-electron chi connectivity index (χ2n) is 9.75. The van der Waals surface area contributed by atoms with E-state index in [0.717, 1.165) is 34.0 Å². The molecule has 0 saturated carbocycles. The van der Waals surface area contributed by atoms with Crippen molar-refractivity contribution in [1.82, 2.24) is 20.0 Å². The normalized spacial score (nSPS) is 10.6. The molecular formula is C35H33N5O3. The van der Waals surface area contributed by atoms with Crippen molar-refractivity contribution in [3.8, 4) is 22.9 Å². The zero-order chi connectivity index (χ0) is 28.7. The summed E-state index contributed by atoms with van der Waals surface area (Å²) in [7, 11) is 0. The fourth-order valence-corrected chi connectivity index (χ4v) is 4.59. The highest BCUT2D eigenvalue weighted by Crippen LogP contribution is 2.23. The van der Waals surface area contributed by atoms with Crippen molar-refractivity contribution in [3.63, 3.8) is 0 Å². The van der Waals surface area contributed by atoms with Crippen LogP contribution in [0.3, 0.4) is 0 Å². The molecule has 8 heteroatoms.